The molecule has 2 heteroatoms. The molecule has 0 aliphatic heterocycles. The Labute approximate surface area is 98.4 Å². The summed E-state index contributed by atoms with van der Waals surface area (Å²) in [6.07, 6.45) is 0. The van der Waals surface area contributed by atoms with Crippen molar-refractivity contribution >= 4 is 21.6 Å². The Morgan fingerprint density at radius 2 is 1.75 bits per heavy atom. The second-order valence-corrected chi connectivity index (χ2v) is 4.84. The van der Waals surface area contributed by atoms with E-state index in [0.717, 1.165) is 10.5 Å². The normalized spacial score (nSPS) is 10.8. The van der Waals surface area contributed by atoms with E-state index < -0.39 is 0 Å². The van der Waals surface area contributed by atoms with Crippen LogP contribution >= 0.6 is 11.3 Å². The molecule has 0 aliphatic rings. The van der Waals surface area contributed by atoms with Crippen molar-refractivity contribution < 1.29 is 0 Å². The summed E-state index contributed by atoms with van der Waals surface area (Å²) < 4.78 is 1.26. The van der Waals surface area contributed by atoms with Crippen LogP contribution in [0.15, 0.2) is 48.5 Å². The standard InChI is InChI=1S/C14H11NS/c1-10-6-5-9-12-13(10)15-14(16-12)11-7-3-2-4-8-11/h2-9H,1H3. The van der Waals surface area contributed by atoms with Gasteiger partial charge in [0.1, 0.15) is 5.01 Å². The minimum atomic E-state index is 1.10. The fraction of sp³-hybridized carbons (Fsp3) is 0.0714. The number of nitrogens with zero attached hydrogens (tertiary/aromatic N) is 1. The van der Waals surface area contributed by atoms with Gasteiger partial charge in [0.05, 0.1) is 10.2 Å². The number of hydrogen-bond acceptors (Lipinski definition) is 2. The summed E-state index contributed by atoms with van der Waals surface area (Å²) in [7, 11) is 0. The summed E-state index contributed by atoms with van der Waals surface area (Å²) in [5.74, 6) is 0. The number of benzene rings is 2. The molecule has 2 aromatic carbocycles. The molecule has 1 aromatic heterocycles. The first-order valence-corrected chi connectivity index (χ1v) is 6.08. The van der Waals surface area contributed by atoms with E-state index in [2.05, 4.69) is 37.3 Å². The second-order valence-electron chi connectivity index (χ2n) is 3.81. The lowest BCUT2D eigenvalue weighted by Crippen LogP contribution is -1.76. The Morgan fingerprint density at radius 1 is 0.938 bits per heavy atom. The minimum Gasteiger partial charge on any atom is -0.236 e. The molecule has 0 unspecified atom stereocenters. The van der Waals surface area contributed by atoms with Gasteiger partial charge in [0, 0.05) is 5.56 Å². The van der Waals surface area contributed by atoms with Gasteiger partial charge in [-0.1, -0.05) is 42.5 Å². The van der Waals surface area contributed by atoms with E-state index in [9.17, 15) is 0 Å². The first kappa shape index (κ1) is 9.55. The van der Waals surface area contributed by atoms with Gasteiger partial charge in [-0.05, 0) is 18.6 Å². The SMILES string of the molecule is Cc1cccc2sc(-c3ccccc3)nc12. The predicted molar refractivity (Wildman–Crippen MR) is 69.8 cm³/mol. The monoisotopic (exact) mass is 225 g/mol. The summed E-state index contributed by atoms with van der Waals surface area (Å²) >= 11 is 1.75. The molecule has 0 saturated carbocycles. The molecule has 1 heterocycles. The van der Waals surface area contributed by atoms with Gasteiger partial charge in [-0.2, -0.15) is 0 Å². The van der Waals surface area contributed by atoms with Crippen molar-refractivity contribution in [2.75, 3.05) is 0 Å². The van der Waals surface area contributed by atoms with Crippen LogP contribution in [0.1, 0.15) is 5.56 Å². The van der Waals surface area contributed by atoms with Crippen molar-refractivity contribution in [3.8, 4) is 10.6 Å². The van der Waals surface area contributed by atoms with E-state index in [1.54, 1.807) is 11.3 Å². The van der Waals surface area contributed by atoms with Crippen molar-refractivity contribution in [2.24, 2.45) is 0 Å². The number of para-hydroxylation sites is 1. The number of thiazole rings is 1. The van der Waals surface area contributed by atoms with Gasteiger partial charge in [-0.3, -0.25) is 0 Å². The number of rotatable bonds is 1. The van der Waals surface area contributed by atoms with E-state index in [1.807, 2.05) is 18.2 Å². The van der Waals surface area contributed by atoms with Crippen molar-refractivity contribution in [1.82, 2.24) is 4.98 Å². The first-order valence-electron chi connectivity index (χ1n) is 5.26. The molecule has 0 amide bonds. The molecule has 0 atom stereocenters. The molecule has 3 rings (SSSR count). The molecule has 0 radical (unpaired) electrons. The largest absolute Gasteiger partial charge is 0.236 e. The van der Waals surface area contributed by atoms with Gasteiger partial charge >= 0.3 is 0 Å². The molecule has 1 nitrogen and oxygen atoms in total. The summed E-state index contributed by atoms with van der Waals surface area (Å²) in [6, 6.07) is 16.7. The Balaban J connectivity index is 2.23. The van der Waals surface area contributed by atoms with Gasteiger partial charge in [0.25, 0.3) is 0 Å². The Kier molecular flexibility index (Phi) is 2.22. The van der Waals surface area contributed by atoms with Crippen molar-refractivity contribution in [3.05, 3.63) is 54.1 Å². The molecule has 0 saturated heterocycles. The van der Waals surface area contributed by atoms with Gasteiger partial charge in [-0.25, -0.2) is 4.98 Å². The molecule has 3 aromatic rings. The minimum absolute atomic E-state index is 1.10. The molecular formula is C14H11NS. The molecule has 16 heavy (non-hydrogen) atoms. The van der Waals surface area contributed by atoms with E-state index in [0.29, 0.717) is 0 Å². The molecule has 0 bridgehead atoms. The Hall–Kier alpha value is -1.67. The predicted octanol–water partition coefficient (Wildman–Crippen LogP) is 4.27. The average Bonchev–Trinajstić information content (AvgIpc) is 2.76. The van der Waals surface area contributed by atoms with Crippen LogP contribution in [0, 0.1) is 6.92 Å². The summed E-state index contributed by atoms with van der Waals surface area (Å²) in [5.41, 5.74) is 3.57. The highest BCUT2D eigenvalue weighted by Crippen LogP contribution is 2.31. The Bertz CT molecular complexity index is 626. The average molecular weight is 225 g/mol. The van der Waals surface area contributed by atoms with E-state index in [-0.39, 0.29) is 0 Å². The van der Waals surface area contributed by atoms with Gasteiger partial charge in [0.2, 0.25) is 0 Å². The van der Waals surface area contributed by atoms with Gasteiger partial charge < -0.3 is 0 Å². The lowest BCUT2D eigenvalue weighted by molar-refractivity contribution is 1.42. The van der Waals surface area contributed by atoms with Gasteiger partial charge in [-0.15, -0.1) is 11.3 Å². The van der Waals surface area contributed by atoms with E-state index >= 15 is 0 Å². The lowest BCUT2D eigenvalue weighted by Gasteiger charge is -1.93. The van der Waals surface area contributed by atoms with E-state index in [1.165, 1.54) is 15.8 Å². The number of fused-ring (bicyclic) bond motifs is 1. The zero-order valence-corrected chi connectivity index (χ0v) is 9.79. The number of aryl methyl sites for hydroxylation is 1. The third-order valence-corrected chi connectivity index (χ3v) is 3.71. The lowest BCUT2D eigenvalue weighted by atomic mass is 10.2. The number of hydrogen-bond donors (Lipinski definition) is 0. The quantitative estimate of drug-likeness (QED) is 0.602. The maximum atomic E-state index is 4.70. The smallest absolute Gasteiger partial charge is 0.124 e. The highest BCUT2D eigenvalue weighted by atomic mass is 32.1. The van der Waals surface area contributed by atoms with Crippen LogP contribution in [-0.4, -0.2) is 4.98 Å². The molecule has 0 N–H and O–H groups in total. The van der Waals surface area contributed by atoms with Crippen LogP contribution in [-0.2, 0) is 0 Å². The van der Waals surface area contributed by atoms with Crippen molar-refractivity contribution in [1.29, 1.82) is 0 Å². The zero-order chi connectivity index (χ0) is 11.0. The van der Waals surface area contributed by atoms with Crippen LogP contribution in [0.5, 0.6) is 0 Å². The second kappa shape index (κ2) is 3.72. The fourth-order valence-corrected chi connectivity index (χ4v) is 2.84. The topological polar surface area (TPSA) is 12.9 Å². The van der Waals surface area contributed by atoms with Crippen molar-refractivity contribution in [3.63, 3.8) is 0 Å². The maximum Gasteiger partial charge on any atom is 0.124 e. The number of aromatic nitrogens is 1. The maximum absolute atomic E-state index is 4.70. The Morgan fingerprint density at radius 3 is 2.50 bits per heavy atom. The van der Waals surface area contributed by atoms with Crippen LogP contribution in [0.3, 0.4) is 0 Å². The van der Waals surface area contributed by atoms with E-state index in [4.69, 9.17) is 4.98 Å². The molecule has 78 valence electrons. The molecule has 0 aliphatic carbocycles. The van der Waals surface area contributed by atoms with Crippen LogP contribution in [0.4, 0.5) is 0 Å². The van der Waals surface area contributed by atoms with Crippen LogP contribution < -0.4 is 0 Å². The highest BCUT2D eigenvalue weighted by Gasteiger charge is 2.06. The van der Waals surface area contributed by atoms with Gasteiger partial charge in [0.15, 0.2) is 0 Å². The molecular weight excluding hydrogens is 214 g/mol. The summed E-state index contributed by atoms with van der Waals surface area (Å²) in [4.78, 5) is 4.70. The third kappa shape index (κ3) is 1.51. The van der Waals surface area contributed by atoms with Crippen LogP contribution in [0.2, 0.25) is 0 Å². The molecule has 0 spiro atoms. The zero-order valence-electron chi connectivity index (χ0n) is 8.97. The fourth-order valence-electron chi connectivity index (χ4n) is 1.79. The summed E-state index contributed by atoms with van der Waals surface area (Å²) in [6.45, 7) is 2.11. The highest BCUT2D eigenvalue weighted by molar-refractivity contribution is 7.21. The molecule has 0 fully saturated rings. The summed E-state index contributed by atoms with van der Waals surface area (Å²) in [5, 5.41) is 1.10. The van der Waals surface area contributed by atoms with Crippen LogP contribution in [0.25, 0.3) is 20.8 Å². The first-order chi connectivity index (χ1) is 7.84. The third-order valence-electron chi connectivity index (χ3n) is 2.64. The van der Waals surface area contributed by atoms with Crippen molar-refractivity contribution in [2.45, 2.75) is 6.92 Å².